The average Bonchev–Trinajstić information content (AvgIpc) is 2.83. The molecule has 0 saturated heterocycles. The second kappa shape index (κ2) is 6.87. The molecule has 2 rings (SSSR count). The lowest BCUT2D eigenvalue weighted by atomic mass is 10.2. The van der Waals surface area contributed by atoms with E-state index in [1.54, 1.807) is 13.1 Å². The maximum atomic E-state index is 12.2. The van der Waals surface area contributed by atoms with Crippen LogP contribution in [0.15, 0.2) is 36.4 Å². The van der Waals surface area contributed by atoms with E-state index in [1.807, 2.05) is 6.07 Å². The van der Waals surface area contributed by atoms with Gasteiger partial charge in [-0.15, -0.1) is 11.3 Å². The number of carbonyl (C=O) groups is 1. The van der Waals surface area contributed by atoms with E-state index in [0.717, 1.165) is 4.88 Å². The number of halogens is 3. The van der Waals surface area contributed by atoms with E-state index in [-0.39, 0.29) is 11.7 Å². The number of hydrogen-bond donors (Lipinski definition) is 0. The van der Waals surface area contributed by atoms with Crippen molar-refractivity contribution >= 4 is 28.8 Å². The van der Waals surface area contributed by atoms with Gasteiger partial charge < -0.3 is 9.64 Å². The van der Waals surface area contributed by atoms with Crippen molar-refractivity contribution in [3.63, 3.8) is 0 Å². The molecule has 0 bridgehead atoms. The predicted molar refractivity (Wildman–Crippen MR) is 78.2 cm³/mol. The van der Waals surface area contributed by atoms with Crippen molar-refractivity contribution in [1.29, 1.82) is 0 Å². The molecule has 112 valence electrons. The minimum atomic E-state index is -2.88. The van der Waals surface area contributed by atoms with Crippen LogP contribution >= 0.6 is 22.9 Å². The number of thiophene rings is 1. The number of ether oxygens (including phenoxy) is 1. The molecule has 0 spiro atoms. The minimum Gasteiger partial charge on any atom is -0.435 e. The molecule has 0 radical (unpaired) electrons. The molecule has 0 saturated carbocycles. The number of nitrogens with zero attached hydrogens (tertiary/aromatic N) is 1. The lowest BCUT2D eigenvalue weighted by Crippen LogP contribution is -2.25. The van der Waals surface area contributed by atoms with Gasteiger partial charge in [0, 0.05) is 17.5 Å². The van der Waals surface area contributed by atoms with Crippen LogP contribution in [0, 0.1) is 0 Å². The van der Waals surface area contributed by atoms with Gasteiger partial charge in [-0.2, -0.15) is 8.78 Å². The van der Waals surface area contributed by atoms with Gasteiger partial charge in [-0.3, -0.25) is 4.79 Å². The Hall–Kier alpha value is -1.66. The first-order chi connectivity index (χ1) is 9.95. The molecule has 1 aromatic heterocycles. The predicted octanol–water partition coefficient (Wildman–Crippen LogP) is 4.28. The molecule has 7 heteroatoms. The van der Waals surface area contributed by atoms with E-state index in [1.165, 1.54) is 40.5 Å². The van der Waals surface area contributed by atoms with Gasteiger partial charge in [0.15, 0.2) is 0 Å². The van der Waals surface area contributed by atoms with Crippen molar-refractivity contribution in [3.8, 4) is 5.75 Å². The zero-order valence-electron chi connectivity index (χ0n) is 11.1. The Labute approximate surface area is 129 Å². The quantitative estimate of drug-likeness (QED) is 0.818. The van der Waals surface area contributed by atoms with Crippen molar-refractivity contribution < 1.29 is 18.3 Å². The number of hydrogen-bond acceptors (Lipinski definition) is 3. The Kier molecular flexibility index (Phi) is 5.14. The van der Waals surface area contributed by atoms with E-state index in [4.69, 9.17) is 11.6 Å². The molecule has 0 unspecified atom stereocenters. The molecule has 0 N–H and O–H groups in total. The highest BCUT2D eigenvalue weighted by molar-refractivity contribution is 7.16. The Morgan fingerprint density at radius 3 is 2.48 bits per heavy atom. The smallest absolute Gasteiger partial charge is 0.387 e. The minimum absolute atomic E-state index is 0.0224. The van der Waals surface area contributed by atoms with Crippen LogP contribution in [-0.2, 0) is 6.54 Å². The molecule has 0 aliphatic heterocycles. The summed E-state index contributed by atoms with van der Waals surface area (Å²) >= 11 is 7.25. The van der Waals surface area contributed by atoms with E-state index in [9.17, 15) is 13.6 Å². The third-order valence-corrected chi connectivity index (χ3v) is 3.91. The van der Waals surface area contributed by atoms with Crippen LogP contribution in [0.3, 0.4) is 0 Å². The number of amides is 1. The monoisotopic (exact) mass is 331 g/mol. The molecule has 2 aromatic rings. The van der Waals surface area contributed by atoms with Gasteiger partial charge in [0.2, 0.25) is 0 Å². The first-order valence-corrected chi connectivity index (χ1v) is 7.19. The molecular weight excluding hydrogens is 320 g/mol. The van der Waals surface area contributed by atoms with Gasteiger partial charge in [-0.25, -0.2) is 0 Å². The van der Waals surface area contributed by atoms with Crippen molar-refractivity contribution in [2.24, 2.45) is 0 Å². The van der Waals surface area contributed by atoms with Crippen molar-refractivity contribution in [3.05, 3.63) is 51.2 Å². The van der Waals surface area contributed by atoms with Crippen LogP contribution in [0.25, 0.3) is 0 Å². The number of rotatable bonds is 5. The van der Waals surface area contributed by atoms with Crippen LogP contribution in [0.5, 0.6) is 5.75 Å². The number of carbonyl (C=O) groups excluding carboxylic acids is 1. The lowest BCUT2D eigenvalue weighted by Gasteiger charge is -2.16. The van der Waals surface area contributed by atoms with E-state index in [2.05, 4.69) is 4.74 Å². The largest absolute Gasteiger partial charge is 0.435 e. The van der Waals surface area contributed by atoms with E-state index in [0.29, 0.717) is 16.4 Å². The van der Waals surface area contributed by atoms with E-state index < -0.39 is 6.61 Å². The molecule has 1 heterocycles. The number of benzene rings is 1. The maximum absolute atomic E-state index is 12.2. The molecule has 1 aromatic carbocycles. The summed E-state index contributed by atoms with van der Waals surface area (Å²) in [4.78, 5) is 14.7. The molecule has 3 nitrogen and oxygen atoms in total. The van der Waals surface area contributed by atoms with Crippen LogP contribution < -0.4 is 4.74 Å². The molecule has 0 atom stereocenters. The Bertz CT molecular complexity index is 616. The van der Waals surface area contributed by atoms with Crippen LogP contribution in [0.1, 0.15) is 15.2 Å². The van der Waals surface area contributed by atoms with Crippen molar-refractivity contribution in [2.75, 3.05) is 7.05 Å². The summed E-state index contributed by atoms with van der Waals surface area (Å²) in [7, 11) is 1.67. The summed E-state index contributed by atoms with van der Waals surface area (Å²) in [6.07, 6.45) is 0. The first-order valence-electron chi connectivity index (χ1n) is 6.00. The normalized spacial score (nSPS) is 10.7. The zero-order valence-corrected chi connectivity index (χ0v) is 12.6. The van der Waals surface area contributed by atoms with Crippen molar-refractivity contribution in [1.82, 2.24) is 4.90 Å². The molecular formula is C14H12ClF2NO2S. The molecule has 0 aliphatic carbocycles. The van der Waals surface area contributed by atoms with Gasteiger partial charge in [-0.05, 0) is 36.4 Å². The second-order valence-corrected chi connectivity index (χ2v) is 6.07. The summed E-state index contributed by atoms with van der Waals surface area (Å²) in [5, 5.41) is 0. The van der Waals surface area contributed by atoms with Gasteiger partial charge in [0.1, 0.15) is 5.75 Å². The standard InChI is InChI=1S/C14H12ClF2NO2S/c1-18(8-11-6-7-12(15)21-11)13(19)9-2-4-10(5-3-9)20-14(16)17/h2-7,14H,8H2,1H3. The second-order valence-electron chi connectivity index (χ2n) is 4.27. The van der Waals surface area contributed by atoms with Crippen LogP contribution in [-0.4, -0.2) is 24.5 Å². The highest BCUT2D eigenvalue weighted by Crippen LogP contribution is 2.23. The third kappa shape index (κ3) is 4.41. The fraction of sp³-hybridized carbons (Fsp3) is 0.214. The fourth-order valence-corrected chi connectivity index (χ4v) is 2.88. The summed E-state index contributed by atoms with van der Waals surface area (Å²) in [5.41, 5.74) is 0.404. The summed E-state index contributed by atoms with van der Waals surface area (Å²) in [6, 6.07) is 9.23. The fourth-order valence-electron chi connectivity index (χ4n) is 1.74. The first kappa shape index (κ1) is 15.7. The van der Waals surface area contributed by atoms with Gasteiger partial charge in [-0.1, -0.05) is 11.6 Å². The topological polar surface area (TPSA) is 29.5 Å². The molecule has 21 heavy (non-hydrogen) atoms. The maximum Gasteiger partial charge on any atom is 0.387 e. The highest BCUT2D eigenvalue weighted by atomic mass is 35.5. The Morgan fingerprint density at radius 1 is 1.29 bits per heavy atom. The summed E-state index contributed by atoms with van der Waals surface area (Å²) in [6.45, 7) is -2.44. The SMILES string of the molecule is CN(Cc1ccc(Cl)s1)C(=O)c1ccc(OC(F)F)cc1. The summed E-state index contributed by atoms with van der Waals surface area (Å²) < 4.78 is 29.0. The highest BCUT2D eigenvalue weighted by Gasteiger charge is 2.13. The van der Waals surface area contributed by atoms with Gasteiger partial charge in [0.25, 0.3) is 5.91 Å². The summed E-state index contributed by atoms with van der Waals surface area (Å²) in [5.74, 6) is -0.183. The van der Waals surface area contributed by atoms with Gasteiger partial charge >= 0.3 is 6.61 Å². The van der Waals surface area contributed by atoms with Gasteiger partial charge in [0.05, 0.1) is 10.9 Å². The van der Waals surface area contributed by atoms with Crippen LogP contribution in [0.2, 0.25) is 4.34 Å². The average molecular weight is 332 g/mol. The lowest BCUT2D eigenvalue weighted by molar-refractivity contribution is -0.0498. The molecule has 0 aliphatic rings. The molecule has 0 fully saturated rings. The molecule has 1 amide bonds. The Morgan fingerprint density at radius 2 is 1.95 bits per heavy atom. The zero-order chi connectivity index (χ0) is 15.4. The van der Waals surface area contributed by atoms with E-state index >= 15 is 0 Å². The van der Waals surface area contributed by atoms with Crippen LogP contribution in [0.4, 0.5) is 8.78 Å². The number of alkyl halides is 2. The Balaban J connectivity index is 2.01. The third-order valence-electron chi connectivity index (χ3n) is 2.69. The van der Waals surface area contributed by atoms with Crippen molar-refractivity contribution in [2.45, 2.75) is 13.2 Å².